The van der Waals surface area contributed by atoms with E-state index >= 15 is 0 Å². The quantitative estimate of drug-likeness (QED) is 0.671. The Morgan fingerprint density at radius 1 is 1.43 bits per heavy atom. The molecule has 2 rings (SSSR count). The highest BCUT2D eigenvalue weighted by Gasteiger charge is 2.20. The minimum atomic E-state index is 0.0747. The molecule has 0 radical (unpaired) electrons. The molecule has 0 bridgehead atoms. The number of hydrogen-bond donors (Lipinski definition) is 3. The van der Waals surface area contributed by atoms with E-state index in [1.54, 1.807) is 0 Å². The number of nitrogens with one attached hydrogen (secondary N) is 2. The fourth-order valence-electron chi connectivity index (χ4n) is 1.38. The number of hydrazine groups is 2. The monoisotopic (exact) mass is 213 g/mol. The predicted octanol–water partition coefficient (Wildman–Crippen LogP) is 0.530. The van der Waals surface area contributed by atoms with Crippen LogP contribution in [-0.2, 0) is 0 Å². The van der Waals surface area contributed by atoms with Crippen molar-refractivity contribution in [2.45, 2.75) is 6.04 Å². The molecule has 1 saturated heterocycles. The van der Waals surface area contributed by atoms with Crippen molar-refractivity contribution in [3.63, 3.8) is 0 Å². The molecule has 4 nitrogen and oxygen atoms in total. The van der Waals surface area contributed by atoms with Crippen molar-refractivity contribution in [1.82, 2.24) is 11.0 Å². The average Bonchev–Trinajstić information content (AvgIpc) is 2.67. The van der Waals surface area contributed by atoms with Crippen LogP contribution < -0.4 is 16.0 Å². The summed E-state index contributed by atoms with van der Waals surface area (Å²) >= 11 is 5.78. The van der Waals surface area contributed by atoms with Crippen LogP contribution in [0.3, 0.4) is 0 Å². The summed E-state index contributed by atoms with van der Waals surface area (Å²) in [5.74, 6) is 0. The minimum Gasteiger partial charge on any atom is -0.395 e. The normalized spacial score (nSPS) is 21.6. The van der Waals surface area contributed by atoms with Gasteiger partial charge in [0.15, 0.2) is 0 Å². The Labute approximate surface area is 87.4 Å². The maximum absolute atomic E-state index is 8.92. The summed E-state index contributed by atoms with van der Waals surface area (Å²) in [7, 11) is 0. The van der Waals surface area contributed by atoms with Gasteiger partial charge in [0.2, 0.25) is 0 Å². The van der Waals surface area contributed by atoms with Crippen LogP contribution in [0.15, 0.2) is 24.3 Å². The van der Waals surface area contributed by atoms with Gasteiger partial charge in [0.05, 0.1) is 24.9 Å². The van der Waals surface area contributed by atoms with Gasteiger partial charge >= 0.3 is 0 Å². The van der Waals surface area contributed by atoms with E-state index in [2.05, 4.69) is 11.0 Å². The van der Waals surface area contributed by atoms with E-state index in [-0.39, 0.29) is 12.6 Å². The molecule has 0 saturated carbocycles. The third-order valence-corrected chi connectivity index (χ3v) is 2.42. The maximum atomic E-state index is 8.92. The van der Waals surface area contributed by atoms with E-state index in [0.29, 0.717) is 0 Å². The molecule has 1 aliphatic rings. The van der Waals surface area contributed by atoms with E-state index in [1.807, 2.05) is 29.3 Å². The SMILES string of the molecule is OC[C@H]1CN(c2ccc(Cl)cc2)NN1. The van der Waals surface area contributed by atoms with Gasteiger partial charge in [-0.05, 0) is 24.3 Å². The first-order chi connectivity index (χ1) is 6.79. The molecular weight excluding hydrogens is 202 g/mol. The summed E-state index contributed by atoms with van der Waals surface area (Å²) < 4.78 is 0. The Morgan fingerprint density at radius 3 is 2.71 bits per heavy atom. The maximum Gasteiger partial charge on any atom is 0.0652 e. The molecular formula is C9H12ClN3O. The first kappa shape index (κ1) is 9.73. The molecule has 0 unspecified atom stereocenters. The molecule has 0 amide bonds. The van der Waals surface area contributed by atoms with Crippen molar-refractivity contribution < 1.29 is 5.11 Å². The van der Waals surface area contributed by atoms with Crippen LogP contribution in [-0.4, -0.2) is 24.3 Å². The fraction of sp³-hybridized carbons (Fsp3) is 0.333. The molecule has 0 aromatic heterocycles. The van der Waals surface area contributed by atoms with Gasteiger partial charge in [0, 0.05) is 5.02 Å². The van der Waals surface area contributed by atoms with Crippen molar-refractivity contribution in [3.8, 4) is 0 Å². The summed E-state index contributed by atoms with van der Waals surface area (Å²) in [5, 5.41) is 11.6. The van der Waals surface area contributed by atoms with Crippen LogP contribution in [0.1, 0.15) is 0 Å². The van der Waals surface area contributed by atoms with Gasteiger partial charge < -0.3 is 5.11 Å². The molecule has 1 heterocycles. The van der Waals surface area contributed by atoms with Crippen molar-refractivity contribution >= 4 is 17.3 Å². The van der Waals surface area contributed by atoms with Gasteiger partial charge in [-0.25, -0.2) is 5.43 Å². The number of nitrogens with zero attached hydrogens (tertiary/aromatic N) is 1. The van der Waals surface area contributed by atoms with Gasteiger partial charge in [-0.2, -0.15) is 5.53 Å². The van der Waals surface area contributed by atoms with Crippen molar-refractivity contribution in [1.29, 1.82) is 0 Å². The molecule has 1 atom stereocenters. The number of anilines is 1. The smallest absolute Gasteiger partial charge is 0.0652 e. The highest BCUT2D eigenvalue weighted by Crippen LogP contribution is 2.17. The van der Waals surface area contributed by atoms with Gasteiger partial charge in [-0.15, -0.1) is 0 Å². The zero-order chi connectivity index (χ0) is 9.97. The topological polar surface area (TPSA) is 47.5 Å². The van der Waals surface area contributed by atoms with Crippen LogP contribution in [0, 0.1) is 0 Å². The molecule has 5 heteroatoms. The highest BCUT2D eigenvalue weighted by molar-refractivity contribution is 6.30. The largest absolute Gasteiger partial charge is 0.395 e. The zero-order valence-corrected chi connectivity index (χ0v) is 8.33. The number of halogens is 1. The Bertz CT molecular complexity index is 303. The van der Waals surface area contributed by atoms with Crippen LogP contribution in [0.2, 0.25) is 5.02 Å². The van der Waals surface area contributed by atoms with Crippen molar-refractivity contribution in [3.05, 3.63) is 29.3 Å². The molecule has 1 aliphatic heterocycles. The van der Waals surface area contributed by atoms with Crippen LogP contribution in [0.5, 0.6) is 0 Å². The number of aliphatic hydroxyl groups excluding tert-OH is 1. The van der Waals surface area contributed by atoms with Crippen LogP contribution >= 0.6 is 11.6 Å². The number of aliphatic hydroxyl groups is 1. The molecule has 1 aromatic rings. The molecule has 1 fully saturated rings. The molecule has 1 aromatic carbocycles. The predicted molar refractivity (Wildman–Crippen MR) is 55.9 cm³/mol. The molecule has 76 valence electrons. The Hall–Kier alpha value is -0.810. The highest BCUT2D eigenvalue weighted by atomic mass is 35.5. The second-order valence-electron chi connectivity index (χ2n) is 3.22. The summed E-state index contributed by atoms with van der Waals surface area (Å²) in [6, 6.07) is 7.61. The standard InChI is InChI=1S/C9H12ClN3O/c10-7-1-3-9(4-2-7)13-5-8(6-14)11-12-13/h1-4,8,11-12,14H,5-6H2/t8-/m1/s1. The van der Waals surface area contributed by atoms with E-state index in [1.165, 1.54) is 0 Å². The van der Waals surface area contributed by atoms with Gasteiger partial charge in [-0.3, -0.25) is 5.01 Å². The first-order valence-electron chi connectivity index (χ1n) is 4.45. The first-order valence-corrected chi connectivity index (χ1v) is 4.82. The number of benzene rings is 1. The number of rotatable bonds is 2. The van der Waals surface area contributed by atoms with Gasteiger partial charge in [-0.1, -0.05) is 11.6 Å². The minimum absolute atomic E-state index is 0.0747. The lowest BCUT2D eigenvalue weighted by atomic mass is 10.3. The average molecular weight is 214 g/mol. The Kier molecular flexibility index (Phi) is 2.88. The Balaban J connectivity index is 2.06. The van der Waals surface area contributed by atoms with E-state index < -0.39 is 0 Å². The Morgan fingerprint density at radius 2 is 2.14 bits per heavy atom. The van der Waals surface area contributed by atoms with Crippen LogP contribution in [0.25, 0.3) is 0 Å². The summed E-state index contributed by atoms with van der Waals surface area (Å²) in [4.78, 5) is 0. The van der Waals surface area contributed by atoms with E-state index in [0.717, 1.165) is 17.3 Å². The second kappa shape index (κ2) is 4.14. The lowest BCUT2D eigenvalue weighted by Crippen LogP contribution is -2.37. The third kappa shape index (κ3) is 1.99. The number of hydrogen-bond acceptors (Lipinski definition) is 4. The van der Waals surface area contributed by atoms with Crippen molar-refractivity contribution in [2.75, 3.05) is 18.2 Å². The second-order valence-corrected chi connectivity index (χ2v) is 3.66. The van der Waals surface area contributed by atoms with Crippen LogP contribution in [0.4, 0.5) is 5.69 Å². The van der Waals surface area contributed by atoms with Crippen molar-refractivity contribution in [2.24, 2.45) is 0 Å². The van der Waals surface area contributed by atoms with E-state index in [4.69, 9.17) is 16.7 Å². The van der Waals surface area contributed by atoms with E-state index in [9.17, 15) is 0 Å². The molecule has 14 heavy (non-hydrogen) atoms. The summed E-state index contributed by atoms with van der Waals surface area (Å²) in [5.41, 5.74) is 6.96. The zero-order valence-electron chi connectivity index (χ0n) is 7.57. The summed E-state index contributed by atoms with van der Waals surface area (Å²) in [6.45, 7) is 0.856. The molecule has 0 spiro atoms. The summed E-state index contributed by atoms with van der Waals surface area (Å²) in [6.07, 6.45) is 0. The molecule has 0 aliphatic carbocycles. The molecule has 3 N–H and O–H groups in total. The lowest BCUT2D eigenvalue weighted by molar-refractivity contribution is 0.256. The third-order valence-electron chi connectivity index (χ3n) is 2.17. The van der Waals surface area contributed by atoms with Gasteiger partial charge in [0.25, 0.3) is 0 Å². The van der Waals surface area contributed by atoms with Gasteiger partial charge in [0.1, 0.15) is 0 Å². The lowest BCUT2D eigenvalue weighted by Gasteiger charge is -2.16. The fourth-order valence-corrected chi connectivity index (χ4v) is 1.50.